The molecule has 1 aromatic heterocycles. The van der Waals surface area contributed by atoms with Crippen LogP contribution in [0.3, 0.4) is 0 Å². The fraction of sp³-hybridized carbons (Fsp3) is 0.357. The third-order valence-electron chi connectivity index (χ3n) is 2.96. The van der Waals surface area contributed by atoms with Crippen molar-refractivity contribution in [1.82, 2.24) is 14.8 Å². The van der Waals surface area contributed by atoms with Gasteiger partial charge in [0.05, 0.1) is 12.1 Å². The molecule has 1 aromatic carbocycles. The maximum atomic E-state index is 10.8. The van der Waals surface area contributed by atoms with Gasteiger partial charge in [0.1, 0.15) is 5.82 Å². The topological polar surface area (TPSA) is 68.0 Å². The van der Waals surface area contributed by atoms with Crippen molar-refractivity contribution < 1.29 is 9.90 Å². The van der Waals surface area contributed by atoms with Crippen LogP contribution in [-0.4, -0.2) is 25.8 Å². The first-order valence-corrected chi connectivity index (χ1v) is 6.38. The Kier molecular flexibility index (Phi) is 3.94. The number of hydrogen-bond acceptors (Lipinski definition) is 3. The lowest BCUT2D eigenvalue weighted by molar-refractivity contribution is 0.0697. The molecule has 0 radical (unpaired) electrons. The molecule has 0 saturated carbocycles. The van der Waals surface area contributed by atoms with Gasteiger partial charge in [0.2, 0.25) is 0 Å². The van der Waals surface area contributed by atoms with Gasteiger partial charge in [-0.05, 0) is 17.7 Å². The summed E-state index contributed by atoms with van der Waals surface area (Å²) in [6.07, 6.45) is 1.65. The van der Waals surface area contributed by atoms with E-state index in [1.165, 1.54) is 0 Å². The summed E-state index contributed by atoms with van der Waals surface area (Å²) in [5.74, 6) is 0.896. The van der Waals surface area contributed by atoms with Crippen molar-refractivity contribution >= 4 is 5.97 Å². The van der Waals surface area contributed by atoms with Crippen molar-refractivity contribution in [2.45, 2.75) is 33.2 Å². The van der Waals surface area contributed by atoms with Gasteiger partial charge < -0.3 is 5.11 Å². The monoisotopic (exact) mass is 259 g/mol. The summed E-state index contributed by atoms with van der Waals surface area (Å²) in [6.45, 7) is 4.70. The van der Waals surface area contributed by atoms with Gasteiger partial charge in [-0.15, -0.1) is 0 Å². The smallest absolute Gasteiger partial charge is 0.335 e. The minimum absolute atomic E-state index is 0.298. The van der Waals surface area contributed by atoms with E-state index in [2.05, 4.69) is 10.1 Å². The quantitative estimate of drug-likeness (QED) is 0.893. The molecule has 0 amide bonds. The summed E-state index contributed by atoms with van der Waals surface area (Å²) in [7, 11) is 0. The van der Waals surface area contributed by atoms with Gasteiger partial charge in [-0.2, -0.15) is 5.10 Å². The highest BCUT2D eigenvalue weighted by molar-refractivity contribution is 5.87. The Hall–Kier alpha value is -2.17. The molecule has 100 valence electrons. The Balaban J connectivity index is 2.20. The second-order valence-corrected chi connectivity index (χ2v) is 4.31. The van der Waals surface area contributed by atoms with Crippen LogP contribution < -0.4 is 0 Å². The summed E-state index contributed by atoms with van der Waals surface area (Å²) in [4.78, 5) is 15.2. The van der Waals surface area contributed by atoms with Crippen molar-refractivity contribution in [2.24, 2.45) is 0 Å². The Morgan fingerprint density at radius 3 is 2.42 bits per heavy atom. The number of carboxylic acid groups (broad SMARTS) is 1. The summed E-state index contributed by atoms with van der Waals surface area (Å²) < 4.78 is 1.88. The molecule has 2 rings (SSSR count). The van der Waals surface area contributed by atoms with Gasteiger partial charge >= 0.3 is 5.97 Å². The SMILES string of the molecule is CCc1nc(CC)n(Cc2ccc(C(=O)O)cc2)n1. The largest absolute Gasteiger partial charge is 0.478 e. The van der Waals surface area contributed by atoms with Gasteiger partial charge in [-0.3, -0.25) is 0 Å². The average molecular weight is 259 g/mol. The minimum Gasteiger partial charge on any atom is -0.478 e. The Morgan fingerprint density at radius 2 is 1.89 bits per heavy atom. The molecule has 0 unspecified atom stereocenters. The highest BCUT2D eigenvalue weighted by Gasteiger charge is 2.08. The van der Waals surface area contributed by atoms with E-state index in [-0.39, 0.29) is 0 Å². The highest BCUT2D eigenvalue weighted by Crippen LogP contribution is 2.09. The molecule has 5 nitrogen and oxygen atoms in total. The molecule has 0 aliphatic carbocycles. The van der Waals surface area contributed by atoms with Crippen LogP contribution in [0.1, 0.15) is 41.4 Å². The van der Waals surface area contributed by atoms with E-state index in [1.807, 2.05) is 30.7 Å². The molecular weight excluding hydrogens is 242 g/mol. The third kappa shape index (κ3) is 2.99. The standard InChI is InChI=1S/C14H17N3O2/c1-3-12-15-13(4-2)17(16-12)9-10-5-7-11(8-6-10)14(18)19/h5-8H,3-4,9H2,1-2H3,(H,18,19). The first-order chi connectivity index (χ1) is 9.13. The van der Waals surface area contributed by atoms with Crippen LogP contribution in [0.4, 0.5) is 0 Å². The Labute approximate surface area is 111 Å². The van der Waals surface area contributed by atoms with Crippen molar-refractivity contribution in [2.75, 3.05) is 0 Å². The van der Waals surface area contributed by atoms with Crippen molar-refractivity contribution in [3.63, 3.8) is 0 Å². The van der Waals surface area contributed by atoms with E-state index in [0.29, 0.717) is 12.1 Å². The molecule has 5 heteroatoms. The normalized spacial score (nSPS) is 10.6. The van der Waals surface area contributed by atoms with Crippen LogP contribution in [-0.2, 0) is 19.4 Å². The Bertz CT molecular complexity index is 573. The lowest BCUT2D eigenvalue weighted by atomic mass is 10.1. The fourth-order valence-electron chi connectivity index (χ4n) is 1.89. The highest BCUT2D eigenvalue weighted by atomic mass is 16.4. The molecule has 0 bridgehead atoms. The number of rotatable bonds is 5. The second-order valence-electron chi connectivity index (χ2n) is 4.31. The van der Waals surface area contributed by atoms with Crippen LogP contribution in [0.5, 0.6) is 0 Å². The number of carboxylic acids is 1. The predicted octanol–water partition coefficient (Wildman–Crippen LogP) is 2.15. The maximum absolute atomic E-state index is 10.8. The van der Waals surface area contributed by atoms with E-state index in [4.69, 9.17) is 5.11 Å². The first kappa shape index (κ1) is 13.3. The molecule has 19 heavy (non-hydrogen) atoms. The number of aromatic carboxylic acids is 1. The zero-order valence-corrected chi connectivity index (χ0v) is 11.1. The summed E-state index contributed by atoms with van der Waals surface area (Å²) in [5.41, 5.74) is 1.32. The molecule has 0 spiro atoms. The number of benzene rings is 1. The van der Waals surface area contributed by atoms with E-state index in [9.17, 15) is 4.79 Å². The molecule has 2 aromatic rings. The Morgan fingerprint density at radius 1 is 1.21 bits per heavy atom. The van der Waals surface area contributed by atoms with Crippen LogP contribution in [0.2, 0.25) is 0 Å². The zero-order chi connectivity index (χ0) is 13.8. The third-order valence-corrected chi connectivity index (χ3v) is 2.96. The fourth-order valence-corrected chi connectivity index (χ4v) is 1.89. The number of carbonyl (C=O) groups is 1. The molecular formula is C14H17N3O2. The molecule has 0 atom stereocenters. The number of aromatic nitrogens is 3. The lowest BCUT2D eigenvalue weighted by Crippen LogP contribution is -2.07. The van der Waals surface area contributed by atoms with E-state index >= 15 is 0 Å². The van der Waals surface area contributed by atoms with Crippen molar-refractivity contribution in [3.8, 4) is 0 Å². The van der Waals surface area contributed by atoms with Gasteiger partial charge in [-0.1, -0.05) is 26.0 Å². The van der Waals surface area contributed by atoms with Gasteiger partial charge in [0.15, 0.2) is 5.82 Å². The van der Waals surface area contributed by atoms with Crippen molar-refractivity contribution in [1.29, 1.82) is 0 Å². The van der Waals surface area contributed by atoms with Crippen LogP contribution in [0.15, 0.2) is 24.3 Å². The first-order valence-electron chi connectivity index (χ1n) is 6.38. The maximum Gasteiger partial charge on any atom is 0.335 e. The summed E-state index contributed by atoms with van der Waals surface area (Å²) in [5, 5.41) is 13.3. The number of nitrogens with zero attached hydrogens (tertiary/aromatic N) is 3. The molecule has 0 fully saturated rings. The van der Waals surface area contributed by atoms with Crippen LogP contribution in [0, 0.1) is 0 Å². The molecule has 1 heterocycles. The predicted molar refractivity (Wildman–Crippen MR) is 71.3 cm³/mol. The van der Waals surface area contributed by atoms with Crippen LogP contribution >= 0.6 is 0 Å². The summed E-state index contributed by atoms with van der Waals surface area (Å²) in [6, 6.07) is 6.86. The summed E-state index contributed by atoms with van der Waals surface area (Å²) >= 11 is 0. The molecule has 0 aliphatic heterocycles. The average Bonchev–Trinajstić information content (AvgIpc) is 2.81. The van der Waals surface area contributed by atoms with E-state index in [1.54, 1.807) is 12.1 Å². The number of hydrogen-bond donors (Lipinski definition) is 1. The zero-order valence-electron chi connectivity index (χ0n) is 11.1. The van der Waals surface area contributed by atoms with Gasteiger partial charge in [0.25, 0.3) is 0 Å². The van der Waals surface area contributed by atoms with E-state index < -0.39 is 5.97 Å². The van der Waals surface area contributed by atoms with E-state index in [0.717, 1.165) is 30.1 Å². The number of aryl methyl sites for hydroxylation is 2. The second kappa shape index (κ2) is 5.65. The molecule has 1 N–H and O–H groups in total. The van der Waals surface area contributed by atoms with Gasteiger partial charge in [0, 0.05) is 12.8 Å². The van der Waals surface area contributed by atoms with Crippen molar-refractivity contribution in [3.05, 3.63) is 47.0 Å². The van der Waals surface area contributed by atoms with Crippen LogP contribution in [0.25, 0.3) is 0 Å². The van der Waals surface area contributed by atoms with Gasteiger partial charge in [-0.25, -0.2) is 14.5 Å². The minimum atomic E-state index is -0.908. The molecule has 0 saturated heterocycles. The lowest BCUT2D eigenvalue weighted by Gasteiger charge is -2.05. The molecule has 0 aliphatic rings.